The molecule has 6 heteroatoms. The summed E-state index contributed by atoms with van der Waals surface area (Å²) in [6.07, 6.45) is 0. The zero-order valence-corrected chi connectivity index (χ0v) is 9.27. The third kappa shape index (κ3) is 1.33. The molecule has 1 aromatic heterocycles. The zero-order valence-electron chi connectivity index (χ0n) is 9.27. The van der Waals surface area contributed by atoms with E-state index >= 15 is 0 Å². The van der Waals surface area contributed by atoms with Gasteiger partial charge in [0, 0.05) is 12.6 Å². The summed E-state index contributed by atoms with van der Waals surface area (Å²) in [7, 11) is 0. The maximum absolute atomic E-state index is 11.9. The van der Waals surface area contributed by atoms with Crippen LogP contribution in [0.2, 0.25) is 0 Å². The molecular formula is C11H11N3O3. The van der Waals surface area contributed by atoms with Gasteiger partial charge in [-0.2, -0.15) is 5.10 Å². The van der Waals surface area contributed by atoms with Crippen molar-refractivity contribution in [2.45, 2.75) is 13.5 Å². The second-order valence-corrected chi connectivity index (χ2v) is 3.75. The van der Waals surface area contributed by atoms with Gasteiger partial charge in [0.15, 0.2) is 17.3 Å². The van der Waals surface area contributed by atoms with Crippen LogP contribution in [0.5, 0.6) is 11.5 Å². The first-order valence-electron chi connectivity index (χ1n) is 5.30. The molecule has 88 valence electrons. The zero-order chi connectivity index (χ0) is 12.0. The molecule has 1 aliphatic heterocycles. The molecule has 2 heterocycles. The Kier molecular flexibility index (Phi) is 1.98. The SMILES string of the molecule is CCn1nc(N)c(=O)c2cc3c(cc21)OCO3. The Morgan fingerprint density at radius 3 is 2.82 bits per heavy atom. The number of aryl methyl sites for hydroxylation is 1. The van der Waals surface area contributed by atoms with Crippen molar-refractivity contribution in [3.05, 3.63) is 22.4 Å². The highest BCUT2D eigenvalue weighted by molar-refractivity contribution is 5.84. The van der Waals surface area contributed by atoms with Gasteiger partial charge in [0.05, 0.1) is 10.9 Å². The Labute approximate surface area is 96.5 Å². The van der Waals surface area contributed by atoms with Gasteiger partial charge >= 0.3 is 0 Å². The molecule has 0 saturated heterocycles. The largest absolute Gasteiger partial charge is 0.454 e. The smallest absolute Gasteiger partial charge is 0.231 e. The van der Waals surface area contributed by atoms with E-state index in [9.17, 15) is 4.79 Å². The van der Waals surface area contributed by atoms with Crippen molar-refractivity contribution in [2.24, 2.45) is 0 Å². The molecule has 0 aliphatic carbocycles. The van der Waals surface area contributed by atoms with Crippen molar-refractivity contribution in [1.29, 1.82) is 0 Å². The molecule has 1 aromatic carbocycles. The first-order valence-corrected chi connectivity index (χ1v) is 5.30. The van der Waals surface area contributed by atoms with Crippen LogP contribution in [0, 0.1) is 0 Å². The van der Waals surface area contributed by atoms with Gasteiger partial charge in [-0.3, -0.25) is 9.48 Å². The Hall–Kier alpha value is -2.24. The van der Waals surface area contributed by atoms with E-state index in [1.165, 1.54) is 0 Å². The Morgan fingerprint density at radius 1 is 1.41 bits per heavy atom. The molecule has 1 aliphatic rings. The molecule has 3 rings (SSSR count). The standard InChI is InChI=1S/C11H11N3O3/c1-2-14-7-4-9-8(16-5-17-9)3-6(7)10(15)11(12)13-14/h3-4H,2,5H2,1H3,(H2,12,13). The van der Waals surface area contributed by atoms with Crippen LogP contribution in [0.25, 0.3) is 10.9 Å². The van der Waals surface area contributed by atoms with Crippen molar-refractivity contribution in [2.75, 3.05) is 12.5 Å². The van der Waals surface area contributed by atoms with Crippen LogP contribution in [-0.4, -0.2) is 16.6 Å². The summed E-state index contributed by atoms with van der Waals surface area (Å²) in [4.78, 5) is 11.9. The molecule has 0 radical (unpaired) electrons. The van der Waals surface area contributed by atoms with Crippen LogP contribution in [0.4, 0.5) is 5.82 Å². The molecule has 17 heavy (non-hydrogen) atoms. The molecule has 2 N–H and O–H groups in total. The molecule has 0 spiro atoms. The van der Waals surface area contributed by atoms with Crippen LogP contribution >= 0.6 is 0 Å². The maximum atomic E-state index is 11.9. The van der Waals surface area contributed by atoms with Crippen LogP contribution in [-0.2, 0) is 6.54 Å². The van der Waals surface area contributed by atoms with Crippen molar-refractivity contribution < 1.29 is 9.47 Å². The van der Waals surface area contributed by atoms with E-state index in [4.69, 9.17) is 15.2 Å². The van der Waals surface area contributed by atoms with Gasteiger partial charge in [0.2, 0.25) is 12.2 Å². The van der Waals surface area contributed by atoms with Gasteiger partial charge in [0.25, 0.3) is 0 Å². The first kappa shape index (κ1) is 9.95. The average Bonchev–Trinajstić information content (AvgIpc) is 2.79. The lowest BCUT2D eigenvalue weighted by Crippen LogP contribution is -2.17. The third-order valence-corrected chi connectivity index (χ3v) is 2.77. The van der Waals surface area contributed by atoms with Crippen LogP contribution in [0.1, 0.15) is 6.92 Å². The van der Waals surface area contributed by atoms with E-state index in [0.717, 1.165) is 0 Å². The fourth-order valence-electron chi connectivity index (χ4n) is 1.94. The van der Waals surface area contributed by atoms with E-state index in [0.29, 0.717) is 28.9 Å². The van der Waals surface area contributed by atoms with E-state index in [1.807, 2.05) is 6.92 Å². The first-order chi connectivity index (χ1) is 8.20. The highest BCUT2D eigenvalue weighted by Crippen LogP contribution is 2.34. The van der Waals surface area contributed by atoms with Crippen molar-refractivity contribution in [1.82, 2.24) is 9.78 Å². The molecule has 0 amide bonds. The number of nitrogen functional groups attached to an aromatic ring is 1. The predicted octanol–water partition coefficient (Wildman–Crippen LogP) is 0.727. The lowest BCUT2D eigenvalue weighted by molar-refractivity contribution is 0.174. The number of nitrogens with two attached hydrogens (primary N) is 1. The maximum Gasteiger partial charge on any atom is 0.231 e. The highest BCUT2D eigenvalue weighted by atomic mass is 16.7. The second-order valence-electron chi connectivity index (χ2n) is 3.75. The van der Waals surface area contributed by atoms with E-state index in [1.54, 1.807) is 16.8 Å². The van der Waals surface area contributed by atoms with Gasteiger partial charge < -0.3 is 15.2 Å². The van der Waals surface area contributed by atoms with Gasteiger partial charge in [-0.05, 0) is 13.0 Å². The monoisotopic (exact) mass is 233 g/mol. The number of fused-ring (bicyclic) bond motifs is 2. The summed E-state index contributed by atoms with van der Waals surface area (Å²) >= 11 is 0. The number of nitrogens with zero attached hydrogens (tertiary/aromatic N) is 2. The molecule has 6 nitrogen and oxygen atoms in total. The van der Waals surface area contributed by atoms with Gasteiger partial charge in [-0.1, -0.05) is 0 Å². The van der Waals surface area contributed by atoms with Crippen LogP contribution in [0.15, 0.2) is 16.9 Å². The van der Waals surface area contributed by atoms with E-state index in [-0.39, 0.29) is 18.0 Å². The third-order valence-electron chi connectivity index (χ3n) is 2.77. The lowest BCUT2D eigenvalue weighted by Gasteiger charge is -2.08. The van der Waals surface area contributed by atoms with Crippen molar-refractivity contribution in [3.63, 3.8) is 0 Å². The summed E-state index contributed by atoms with van der Waals surface area (Å²) in [6.45, 7) is 2.73. The fraction of sp³-hybridized carbons (Fsp3) is 0.273. The Balaban J connectivity index is 2.45. The number of benzene rings is 1. The number of rotatable bonds is 1. The summed E-state index contributed by atoms with van der Waals surface area (Å²) in [6, 6.07) is 3.42. The minimum absolute atomic E-state index is 0.00165. The predicted molar refractivity (Wildman–Crippen MR) is 62.2 cm³/mol. The number of anilines is 1. The van der Waals surface area contributed by atoms with Crippen LogP contribution in [0.3, 0.4) is 0 Å². The van der Waals surface area contributed by atoms with Gasteiger partial charge in [-0.25, -0.2) is 0 Å². The van der Waals surface area contributed by atoms with Crippen molar-refractivity contribution >= 4 is 16.7 Å². The number of ether oxygens (including phenoxy) is 2. The number of hydrogen-bond acceptors (Lipinski definition) is 5. The highest BCUT2D eigenvalue weighted by Gasteiger charge is 2.18. The Morgan fingerprint density at radius 2 is 2.12 bits per heavy atom. The lowest BCUT2D eigenvalue weighted by atomic mass is 10.2. The number of hydrogen-bond donors (Lipinski definition) is 1. The second kappa shape index (κ2) is 3.38. The quantitative estimate of drug-likeness (QED) is 0.785. The summed E-state index contributed by atoms with van der Waals surface area (Å²) < 4.78 is 12.2. The fourth-order valence-corrected chi connectivity index (χ4v) is 1.94. The molecular weight excluding hydrogens is 222 g/mol. The molecule has 2 aromatic rings. The minimum Gasteiger partial charge on any atom is -0.454 e. The Bertz CT molecular complexity index is 663. The molecule has 0 bridgehead atoms. The summed E-state index contributed by atoms with van der Waals surface area (Å²) in [5.74, 6) is 1.20. The van der Waals surface area contributed by atoms with E-state index in [2.05, 4.69) is 5.10 Å². The van der Waals surface area contributed by atoms with Crippen molar-refractivity contribution in [3.8, 4) is 11.5 Å². The van der Waals surface area contributed by atoms with Crippen LogP contribution < -0.4 is 20.6 Å². The topological polar surface area (TPSA) is 79.4 Å². The molecule has 0 atom stereocenters. The van der Waals surface area contributed by atoms with Gasteiger partial charge in [0.1, 0.15) is 0 Å². The summed E-state index contributed by atoms with van der Waals surface area (Å²) in [5, 5.41) is 4.53. The normalized spacial score (nSPS) is 13.2. The molecule has 0 fully saturated rings. The van der Waals surface area contributed by atoms with Gasteiger partial charge in [-0.15, -0.1) is 0 Å². The number of aromatic nitrogens is 2. The summed E-state index contributed by atoms with van der Waals surface area (Å²) in [5.41, 5.74) is 6.02. The molecule has 0 saturated carbocycles. The van der Waals surface area contributed by atoms with E-state index < -0.39 is 0 Å². The average molecular weight is 233 g/mol. The molecule has 0 unspecified atom stereocenters. The minimum atomic E-state index is -0.275.